The van der Waals surface area contributed by atoms with E-state index in [1.165, 1.54) is 0 Å². The number of nitrogens with one attached hydrogen (secondary N) is 1. The summed E-state index contributed by atoms with van der Waals surface area (Å²) in [5, 5.41) is 5.21. The molecule has 0 bridgehead atoms. The largest absolute Gasteiger partial charge is 0.493 e. The van der Waals surface area contributed by atoms with Crippen molar-refractivity contribution in [1.29, 1.82) is 0 Å². The van der Waals surface area contributed by atoms with Gasteiger partial charge in [-0.1, -0.05) is 42.5 Å². The number of carbonyl (C=O) groups is 1. The Morgan fingerprint density at radius 1 is 1.00 bits per heavy atom. The predicted octanol–water partition coefficient (Wildman–Crippen LogP) is 4.32. The monoisotopic (exact) mass is 378 g/mol. The summed E-state index contributed by atoms with van der Waals surface area (Å²) in [5.41, 5.74) is 1.87. The summed E-state index contributed by atoms with van der Waals surface area (Å²) in [6.45, 7) is 2.52. The van der Waals surface area contributed by atoms with E-state index in [2.05, 4.69) is 5.32 Å². The molecular formula is C23H26N2O3. The lowest BCUT2D eigenvalue weighted by atomic mass is 10.1. The zero-order valence-electron chi connectivity index (χ0n) is 16.7. The van der Waals surface area contributed by atoms with Crippen LogP contribution in [0, 0.1) is 0 Å². The third-order valence-electron chi connectivity index (χ3n) is 4.97. The van der Waals surface area contributed by atoms with Gasteiger partial charge >= 0.3 is 0 Å². The van der Waals surface area contributed by atoms with Crippen LogP contribution < -0.4 is 14.8 Å². The van der Waals surface area contributed by atoms with Crippen molar-refractivity contribution in [2.45, 2.75) is 19.5 Å². The van der Waals surface area contributed by atoms with Crippen LogP contribution in [0.15, 0.2) is 60.7 Å². The summed E-state index contributed by atoms with van der Waals surface area (Å²) in [4.78, 5) is 14.8. The van der Waals surface area contributed by atoms with Crippen LogP contribution in [0.25, 0.3) is 10.8 Å². The third-order valence-corrected chi connectivity index (χ3v) is 4.97. The van der Waals surface area contributed by atoms with Gasteiger partial charge in [0.15, 0.2) is 11.5 Å². The van der Waals surface area contributed by atoms with Crippen LogP contribution in [-0.4, -0.2) is 38.1 Å². The number of anilines is 1. The van der Waals surface area contributed by atoms with Gasteiger partial charge in [-0.25, -0.2) is 0 Å². The van der Waals surface area contributed by atoms with Gasteiger partial charge in [0, 0.05) is 17.6 Å². The van der Waals surface area contributed by atoms with Crippen molar-refractivity contribution in [3.8, 4) is 11.5 Å². The molecule has 1 amide bonds. The van der Waals surface area contributed by atoms with Crippen molar-refractivity contribution in [3.05, 3.63) is 66.2 Å². The maximum absolute atomic E-state index is 12.8. The van der Waals surface area contributed by atoms with Crippen LogP contribution in [0.2, 0.25) is 0 Å². The fraction of sp³-hybridized carbons (Fsp3) is 0.261. The molecule has 5 heteroatoms. The minimum Gasteiger partial charge on any atom is -0.493 e. The highest BCUT2D eigenvalue weighted by Gasteiger charge is 2.19. The summed E-state index contributed by atoms with van der Waals surface area (Å²) >= 11 is 0. The molecule has 0 saturated heterocycles. The number of methoxy groups -OCH3 is 2. The number of ether oxygens (including phenoxy) is 2. The maximum atomic E-state index is 12.8. The zero-order chi connectivity index (χ0) is 20.1. The van der Waals surface area contributed by atoms with E-state index in [1.54, 1.807) is 14.2 Å². The number of hydrogen-bond acceptors (Lipinski definition) is 4. The van der Waals surface area contributed by atoms with Crippen molar-refractivity contribution in [1.82, 2.24) is 4.90 Å². The molecule has 0 aromatic heterocycles. The molecule has 146 valence electrons. The second-order valence-electron chi connectivity index (χ2n) is 6.80. The van der Waals surface area contributed by atoms with Gasteiger partial charge in [-0.15, -0.1) is 0 Å². The van der Waals surface area contributed by atoms with E-state index >= 15 is 0 Å². The molecule has 0 radical (unpaired) electrons. The molecule has 0 saturated carbocycles. The smallest absolute Gasteiger partial charge is 0.241 e. The molecule has 0 fully saturated rings. The topological polar surface area (TPSA) is 50.8 Å². The molecule has 5 nitrogen and oxygen atoms in total. The number of fused-ring (bicyclic) bond motifs is 1. The second-order valence-corrected chi connectivity index (χ2v) is 6.80. The Morgan fingerprint density at radius 3 is 2.46 bits per heavy atom. The van der Waals surface area contributed by atoms with Gasteiger partial charge < -0.3 is 14.8 Å². The van der Waals surface area contributed by atoms with Crippen LogP contribution >= 0.6 is 0 Å². The first-order chi connectivity index (χ1) is 13.5. The van der Waals surface area contributed by atoms with Crippen LogP contribution in [0.1, 0.15) is 12.5 Å². The van der Waals surface area contributed by atoms with Crippen LogP contribution in [0.4, 0.5) is 5.69 Å². The molecule has 1 atom stereocenters. The number of likely N-dealkylation sites (N-methyl/N-ethyl adjacent to an activating group) is 1. The van der Waals surface area contributed by atoms with Crippen molar-refractivity contribution >= 4 is 22.4 Å². The molecule has 28 heavy (non-hydrogen) atoms. The van der Waals surface area contributed by atoms with Crippen LogP contribution in [-0.2, 0) is 11.3 Å². The number of carbonyl (C=O) groups excluding carboxylic acids is 1. The Balaban J connectivity index is 1.70. The Morgan fingerprint density at radius 2 is 1.71 bits per heavy atom. The van der Waals surface area contributed by atoms with Crippen molar-refractivity contribution in [2.75, 3.05) is 26.6 Å². The highest BCUT2D eigenvalue weighted by atomic mass is 16.5. The van der Waals surface area contributed by atoms with Gasteiger partial charge in [0.2, 0.25) is 5.91 Å². The number of amides is 1. The molecule has 1 N–H and O–H groups in total. The van der Waals surface area contributed by atoms with Gasteiger partial charge in [0.25, 0.3) is 0 Å². The minimum atomic E-state index is -0.299. The highest BCUT2D eigenvalue weighted by molar-refractivity contribution is 6.03. The number of nitrogens with zero attached hydrogens (tertiary/aromatic N) is 1. The molecule has 0 heterocycles. The third kappa shape index (κ3) is 4.26. The first-order valence-corrected chi connectivity index (χ1v) is 9.23. The van der Waals surface area contributed by atoms with E-state index in [0.717, 1.165) is 22.0 Å². The van der Waals surface area contributed by atoms with E-state index in [9.17, 15) is 4.79 Å². The lowest BCUT2D eigenvalue weighted by Gasteiger charge is -2.24. The minimum absolute atomic E-state index is 0.0423. The molecule has 0 spiro atoms. The van der Waals surface area contributed by atoms with Gasteiger partial charge in [0.1, 0.15) is 0 Å². The van der Waals surface area contributed by atoms with Gasteiger partial charge in [0.05, 0.1) is 20.3 Å². The molecule has 0 aliphatic rings. The van der Waals surface area contributed by atoms with Gasteiger partial charge in [-0.05, 0) is 43.1 Å². The standard InChI is InChI=1S/C23H26N2O3/c1-16(25(2)15-17-12-13-21(27-3)22(14-17)28-4)23(26)24-20-11-7-9-18-8-5-6-10-19(18)20/h5-14,16H,15H2,1-4H3,(H,24,26)/t16-/m0/s1. The molecule has 0 aliphatic carbocycles. The average Bonchev–Trinajstić information content (AvgIpc) is 2.73. The maximum Gasteiger partial charge on any atom is 0.241 e. The van der Waals surface area contributed by atoms with Crippen LogP contribution in [0.3, 0.4) is 0 Å². The number of benzene rings is 3. The number of rotatable bonds is 7. The molecule has 3 rings (SSSR count). The average molecular weight is 378 g/mol. The summed E-state index contributed by atoms with van der Waals surface area (Å²) in [6, 6.07) is 19.4. The Hall–Kier alpha value is -3.05. The number of hydrogen-bond donors (Lipinski definition) is 1. The molecule has 3 aromatic carbocycles. The normalized spacial score (nSPS) is 12.0. The molecule has 3 aromatic rings. The van der Waals surface area contributed by atoms with Crippen molar-refractivity contribution < 1.29 is 14.3 Å². The summed E-state index contributed by atoms with van der Waals surface area (Å²) in [6.07, 6.45) is 0. The Labute approximate surface area is 165 Å². The Kier molecular flexibility index (Phi) is 6.16. The van der Waals surface area contributed by atoms with Crippen molar-refractivity contribution in [2.24, 2.45) is 0 Å². The summed E-state index contributed by atoms with van der Waals surface area (Å²) in [7, 11) is 5.17. The SMILES string of the molecule is COc1ccc(CN(C)[C@@H](C)C(=O)Nc2cccc3ccccc23)cc1OC. The van der Waals surface area contributed by atoms with E-state index < -0.39 is 0 Å². The van der Waals surface area contributed by atoms with Gasteiger partial charge in [-0.2, -0.15) is 0 Å². The second kappa shape index (κ2) is 8.76. The fourth-order valence-electron chi connectivity index (χ4n) is 3.18. The Bertz CT molecular complexity index is 966. The van der Waals surface area contributed by atoms with Crippen LogP contribution in [0.5, 0.6) is 11.5 Å². The molecule has 0 unspecified atom stereocenters. The summed E-state index contributed by atoms with van der Waals surface area (Å²) < 4.78 is 10.6. The van der Waals surface area contributed by atoms with E-state index in [4.69, 9.17) is 9.47 Å². The van der Waals surface area contributed by atoms with E-state index in [-0.39, 0.29) is 11.9 Å². The first-order valence-electron chi connectivity index (χ1n) is 9.23. The molecular weight excluding hydrogens is 352 g/mol. The quantitative estimate of drug-likeness (QED) is 0.665. The van der Waals surface area contributed by atoms with Gasteiger partial charge in [-0.3, -0.25) is 9.69 Å². The van der Waals surface area contributed by atoms with E-state index in [0.29, 0.717) is 18.0 Å². The van der Waals surface area contributed by atoms with E-state index in [1.807, 2.05) is 79.5 Å². The lowest BCUT2D eigenvalue weighted by Crippen LogP contribution is -2.39. The zero-order valence-corrected chi connectivity index (χ0v) is 16.7. The first kappa shape index (κ1) is 19.7. The summed E-state index contributed by atoms with van der Waals surface area (Å²) in [5.74, 6) is 1.33. The predicted molar refractivity (Wildman–Crippen MR) is 113 cm³/mol. The van der Waals surface area contributed by atoms with Crippen molar-refractivity contribution in [3.63, 3.8) is 0 Å². The highest BCUT2D eigenvalue weighted by Crippen LogP contribution is 2.28. The lowest BCUT2D eigenvalue weighted by molar-refractivity contribution is -0.120. The molecule has 0 aliphatic heterocycles. The fourth-order valence-corrected chi connectivity index (χ4v) is 3.18.